The normalized spacial score (nSPS) is 16.1. The fraction of sp³-hybridized carbons (Fsp3) is 0.122. The van der Waals surface area contributed by atoms with Gasteiger partial charge in [0.05, 0.1) is 0 Å². The predicted molar refractivity (Wildman–Crippen MR) is 177 cm³/mol. The van der Waals surface area contributed by atoms with Gasteiger partial charge in [-0.1, -0.05) is 123 Å². The van der Waals surface area contributed by atoms with Gasteiger partial charge in [0.25, 0.3) is 11.8 Å². The summed E-state index contributed by atoms with van der Waals surface area (Å²) in [5.74, 6) is -9.92. The van der Waals surface area contributed by atoms with Crippen LogP contribution in [0.4, 0.5) is 17.6 Å². The molecule has 8 rings (SSSR count). The van der Waals surface area contributed by atoms with Gasteiger partial charge in [-0.05, 0) is 25.0 Å². The van der Waals surface area contributed by atoms with Crippen molar-refractivity contribution in [1.82, 2.24) is 9.97 Å². The van der Waals surface area contributed by atoms with Crippen LogP contribution in [0, 0.1) is 26.0 Å². The number of rotatable bonds is 4. The summed E-state index contributed by atoms with van der Waals surface area (Å²) in [6.07, 6.45) is 2.75. The summed E-state index contributed by atoms with van der Waals surface area (Å²) in [7, 11) is 0. The standard InChI is InChI=1S/C41H26F4N2.Pt/c1-24-17-37(46-22-25(24)2)30-18-28-11-6-7-13-31(28)34(20-30)32-14-8-12-26-15-16-29(19-33(26)32)38-21-35-36(23-47-38)41(44,45)39(40(35,42)43)27-9-4-3-5-10-27;/h3-18,21-23,39H,1-2H3;/q-2;+2. The first-order valence-corrected chi connectivity index (χ1v) is 15.3. The van der Waals surface area contributed by atoms with E-state index in [2.05, 4.69) is 35.1 Å². The maximum Gasteiger partial charge on any atom is 2.00 e. The Balaban J connectivity index is 0.00000364. The summed E-state index contributed by atoms with van der Waals surface area (Å²) in [5, 5.41) is 3.61. The van der Waals surface area contributed by atoms with Gasteiger partial charge < -0.3 is 0 Å². The molecule has 238 valence electrons. The smallest absolute Gasteiger partial charge is 0.295 e. The monoisotopic (exact) mass is 817 g/mol. The molecule has 0 bridgehead atoms. The fourth-order valence-electron chi connectivity index (χ4n) is 6.67. The first kappa shape index (κ1) is 31.9. The van der Waals surface area contributed by atoms with Crippen molar-refractivity contribution in [2.24, 2.45) is 0 Å². The van der Waals surface area contributed by atoms with Crippen LogP contribution in [-0.2, 0) is 32.9 Å². The molecule has 0 aliphatic heterocycles. The third kappa shape index (κ3) is 5.05. The zero-order valence-electron chi connectivity index (χ0n) is 25.8. The van der Waals surface area contributed by atoms with Gasteiger partial charge >= 0.3 is 21.1 Å². The molecular formula is C41H26F4N2Pt. The summed E-state index contributed by atoms with van der Waals surface area (Å²) in [4.78, 5) is 8.96. The molecule has 5 aromatic carbocycles. The van der Waals surface area contributed by atoms with Crippen LogP contribution >= 0.6 is 0 Å². The Morgan fingerprint density at radius 3 is 2.08 bits per heavy atom. The van der Waals surface area contributed by atoms with E-state index >= 15 is 17.6 Å². The zero-order chi connectivity index (χ0) is 32.5. The minimum atomic E-state index is -3.81. The van der Waals surface area contributed by atoms with Crippen molar-refractivity contribution in [2.45, 2.75) is 31.6 Å². The van der Waals surface area contributed by atoms with Crippen molar-refractivity contribution < 1.29 is 38.6 Å². The molecule has 1 atom stereocenters. The molecule has 48 heavy (non-hydrogen) atoms. The molecule has 7 heteroatoms. The summed E-state index contributed by atoms with van der Waals surface area (Å²) in [6.45, 7) is 4.07. The molecule has 0 saturated carbocycles. The number of hydrogen-bond acceptors (Lipinski definition) is 2. The number of fused-ring (bicyclic) bond motifs is 3. The molecule has 1 unspecified atom stereocenters. The van der Waals surface area contributed by atoms with Gasteiger partial charge in [0, 0.05) is 34.9 Å². The molecule has 2 nitrogen and oxygen atoms in total. The minimum Gasteiger partial charge on any atom is -0.295 e. The first-order chi connectivity index (χ1) is 22.6. The summed E-state index contributed by atoms with van der Waals surface area (Å²) in [6, 6.07) is 37.0. The Bertz CT molecular complexity index is 2350. The number of halogens is 4. The van der Waals surface area contributed by atoms with Crippen molar-refractivity contribution in [1.29, 1.82) is 0 Å². The number of nitrogens with zero attached hydrogens (tertiary/aromatic N) is 2. The molecule has 7 aromatic rings. The molecule has 0 fully saturated rings. The molecule has 2 heterocycles. The summed E-state index contributed by atoms with van der Waals surface area (Å²) < 4.78 is 62.8. The van der Waals surface area contributed by atoms with Crippen LogP contribution < -0.4 is 0 Å². The fourth-order valence-corrected chi connectivity index (χ4v) is 6.67. The van der Waals surface area contributed by atoms with Crippen molar-refractivity contribution in [3.63, 3.8) is 0 Å². The van der Waals surface area contributed by atoms with E-state index in [0.717, 1.165) is 67.3 Å². The number of pyridine rings is 2. The number of aromatic nitrogens is 2. The van der Waals surface area contributed by atoms with Crippen LogP contribution in [0.3, 0.4) is 0 Å². The molecule has 0 N–H and O–H groups in total. The Morgan fingerprint density at radius 1 is 0.604 bits per heavy atom. The van der Waals surface area contributed by atoms with Gasteiger partial charge in [0.15, 0.2) is 0 Å². The number of hydrogen-bond donors (Lipinski definition) is 0. The average molecular weight is 818 g/mol. The van der Waals surface area contributed by atoms with Gasteiger partial charge in [-0.25, -0.2) is 17.6 Å². The minimum absolute atomic E-state index is 0. The van der Waals surface area contributed by atoms with Crippen molar-refractivity contribution in [3.05, 3.63) is 155 Å². The Hall–Kier alpha value is -4.67. The third-order valence-electron chi connectivity index (χ3n) is 9.25. The first-order valence-electron chi connectivity index (χ1n) is 15.3. The summed E-state index contributed by atoms with van der Waals surface area (Å²) in [5.41, 5.74) is 4.54. The molecule has 1 aliphatic carbocycles. The van der Waals surface area contributed by atoms with E-state index in [9.17, 15) is 0 Å². The van der Waals surface area contributed by atoms with Crippen LogP contribution in [0.15, 0.2) is 116 Å². The molecule has 0 saturated heterocycles. The van der Waals surface area contributed by atoms with E-state index in [0.29, 0.717) is 5.56 Å². The van der Waals surface area contributed by atoms with Crippen LogP contribution in [0.1, 0.15) is 33.7 Å². The summed E-state index contributed by atoms with van der Waals surface area (Å²) >= 11 is 0. The van der Waals surface area contributed by atoms with Gasteiger partial charge in [-0.2, -0.15) is 0 Å². The maximum absolute atomic E-state index is 15.9. The van der Waals surface area contributed by atoms with E-state index in [1.165, 1.54) is 24.3 Å². The Kier molecular flexibility index (Phi) is 7.83. The van der Waals surface area contributed by atoms with E-state index in [1.54, 1.807) is 12.1 Å². The van der Waals surface area contributed by atoms with Crippen molar-refractivity contribution in [2.75, 3.05) is 0 Å². The third-order valence-corrected chi connectivity index (χ3v) is 9.25. The van der Waals surface area contributed by atoms with Gasteiger partial charge in [0.2, 0.25) is 0 Å². The Morgan fingerprint density at radius 2 is 1.29 bits per heavy atom. The van der Waals surface area contributed by atoms with Gasteiger partial charge in [0.1, 0.15) is 5.92 Å². The van der Waals surface area contributed by atoms with E-state index < -0.39 is 28.9 Å². The zero-order valence-corrected chi connectivity index (χ0v) is 28.0. The number of alkyl halides is 4. The number of aryl methyl sites for hydroxylation is 2. The topological polar surface area (TPSA) is 25.8 Å². The van der Waals surface area contributed by atoms with Gasteiger partial charge in [-0.3, -0.25) is 9.97 Å². The molecule has 0 radical (unpaired) electrons. The predicted octanol–water partition coefficient (Wildman–Crippen LogP) is 11.0. The molecule has 1 aliphatic rings. The van der Waals surface area contributed by atoms with Crippen LogP contribution in [-0.4, -0.2) is 9.97 Å². The van der Waals surface area contributed by atoms with E-state index in [-0.39, 0.29) is 32.3 Å². The SMILES string of the molecule is Cc1cnc(-c2[c-]c(-c3cccc4ccc(-c5cc6c(cn5)C(F)(F)C(c5ccccc5)C6(F)F)[c-]c34)c3ccccc3c2)cc1C.[Pt+2]. The second-order valence-electron chi connectivity index (χ2n) is 12.1. The maximum atomic E-state index is 15.9. The Labute approximate surface area is 289 Å². The molecular weight excluding hydrogens is 792 g/mol. The van der Waals surface area contributed by atoms with E-state index in [1.807, 2.05) is 67.7 Å². The second-order valence-corrected chi connectivity index (χ2v) is 12.1. The average Bonchev–Trinajstić information content (AvgIpc) is 3.24. The van der Waals surface area contributed by atoms with Crippen LogP contribution in [0.2, 0.25) is 0 Å². The van der Waals surface area contributed by atoms with Gasteiger partial charge in [-0.15, -0.1) is 41.3 Å². The van der Waals surface area contributed by atoms with Crippen LogP contribution in [0.5, 0.6) is 0 Å². The second kappa shape index (κ2) is 11.8. The van der Waals surface area contributed by atoms with Crippen molar-refractivity contribution >= 4 is 21.5 Å². The number of benzene rings is 5. The van der Waals surface area contributed by atoms with Crippen LogP contribution in [0.25, 0.3) is 55.2 Å². The quantitative estimate of drug-likeness (QED) is 0.131. The van der Waals surface area contributed by atoms with Crippen molar-refractivity contribution in [3.8, 4) is 33.6 Å². The molecule has 0 spiro atoms. The molecule has 0 amide bonds. The van der Waals surface area contributed by atoms with E-state index in [4.69, 9.17) is 0 Å². The molecule has 2 aromatic heterocycles. The largest absolute Gasteiger partial charge is 2.00 e.